The molecule has 0 saturated carbocycles. The van der Waals surface area contributed by atoms with Gasteiger partial charge in [0, 0.05) is 16.5 Å². The monoisotopic (exact) mass is 271 g/mol. The zero-order valence-corrected chi connectivity index (χ0v) is 12.3. The van der Waals surface area contributed by atoms with Crippen LogP contribution in [0.5, 0.6) is 5.75 Å². The largest absolute Gasteiger partial charge is 0.489 e. The van der Waals surface area contributed by atoms with Crippen molar-refractivity contribution in [3.8, 4) is 5.75 Å². The predicted octanol–water partition coefficient (Wildman–Crippen LogP) is 3.28. The quantitative estimate of drug-likeness (QED) is 0.824. The van der Waals surface area contributed by atoms with Gasteiger partial charge in [-0.2, -0.15) is 0 Å². The van der Waals surface area contributed by atoms with E-state index < -0.39 is 5.60 Å². The van der Waals surface area contributed by atoms with Gasteiger partial charge in [-0.1, -0.05) is 25.5 Å². The molecule has 106 valence electrons. The van der Waals surface area contributed by atoms with Crippen LogP contribution in [-0.4, -0.2) is 11.7 Å². The molecule has 3 heteroatoms. The van der Waals surface area contributed by atoms with Gasteiger partial charge >= 0.3 is 0 Å². The Labute approximate surface area is 119 Å². The van der Waals surface area contributed by atoms with Crippen LogP contribution < -0.4 is 10.5 Å². The van der Waals surface area contributed by atoms with Crippen LogP contribution in [0.25, 0.3) is 10.8 Å². The Morgan fingerprint density at radius 3 is 2.80 bits per heavy atom. The number of aryl methyl sites for hydroxylation is 2. The molecule has 0 spiro atoms. The molecule has 0 saturated heterocycles. The molecule has 1 aliphatic heterocycles. The van der Waals surface area contributed by atoms with E-state index in [1.165, 1.54) is 5.56 Å². The molecule has 3 nitrogen and oxygen atoms in total. The van der Waals surface area contributed by atoms with Crippen LogP contribution in [0.15, 0.2) is 18.2 Å². The van der Waals surface area contributed by atoms with Crippen molar-refractivity contribution in [3.63, 3.8) is 0 Å². The molecule has 1 unspecified atom stereocenters. The normalized spacial score (nSPS) is 21.0. The van der Waals surface area contributed by atoms with Gasteiger partial charge in [0.25, 0.3) is 0 Å². The maximum absolute atomic E-state index is 10.6. The lowest BCUT2D eigenvalue weighted by molar-refractivity contribution is 0.00354. The average Bonchev–Trinajstić information content (AvgIpc) is 2.37. The summed E-state index contributed by atoms with van der Waals surface area (Å²) in [6, 6.07) is 6.09. The van der Waals surface area contributed by atoms with E-state index in [9.17, 15) is 5.11 Å². The summed E-state index contributed by atoms with van der Waals surface area (Å²) in [6.07, 6.45) is 2.04. The number of rotatable bonds is 2. The van der Waals surface area contributed by atoms with Crippen LogP contribution in [-0.2, 0) is 12.0 Å². The van der Waals surface area contributed by atoms with Crippen molar-refractivity contribution < 1.29 is 9.84 Å². The Kier molecular flexibility index (Phi) is 2.91. The fourth-order valence-corrected chi connectivity index (χ4v) is 3.18. The van der Waals surface area contributed by atoms with E-state index in [0.29, 0.717) is 0 Å². The topological polar surface area (TPSA) is 55.5 Å². The molecule has 0 fully saturated rings. The van der Waals surface area contributed by atoms with Crippen LogP contribution in [0.3, 0.4) is 0 Å². The Morgan fingerprint density at radius 2 is 2.10 bits per heavy atom. The maximum atomic E-state index is 10.6. The standard InChI is InChI=1S/C17H21NO2/c1-4-5-11-6-7-12-15-14(11)13(18)8-10(2)16(15)20-9-17(12,3)19/h6-8,19H,4-5,9,18H2,1-3H3. The molecular weight excluding hydrogens is 250 g/mol. The minimum absolute atomic E-state index is 0.285. The number of nitrogen functional groups attached to an aromatic ring is 1. The molecular formula is C17H21NO2. The van der Waals surface area contributed by atoms with E-state index in [4.69, 9.17) is 10.5 Å². The Balaban J connectivity index is 2.46. The number of hydrogen-bond acceptors (Lipinski definition) is 3. The van der Waals surface area contributed by atoms with Crippen LogP contribution in [0, 0.1) is 6.92 Å². The molecule has 3 rings (SSSR count). The highest BCUT2D eigenvalue weighted by molar-refractivity contribution is 6.03. The first-order valence-electron chi connectivity index (χ1n) is 7.16. The minimum Gasteiger partial charge on any atom is -0.489 e. The van der Waals surface area contributed by atoms with Gasteiger partial charge in [0.1, 0.15) is 18.0 Å². The summed E-state index contributed by atoms with van der Waals surface area (Å²) in [5.41, 5.74) is 9.24. The van der Waals surface area contributed by atoms with Crippen molar-refractivity contribution in [1.29, 1.82) is 0 Å². The van der Waals surface area contributed by atoms with E-state index in [0.717, 1.165) is 46.2 Å². The molecule has 2 aromatic carbocycles. The number of ether oxygens (including phenoxy) is 1. The van der Waals surface area contributed by atoms with E-state index in [2.05, 4.69) is 13.0 Å². The lowest BCUT2D eigenvalue weighted by atomic mass is 9.85. The SMILES string of the molecule is CCCc1ccc2c3c(c(C)cc(N)c13)OCC2(C)O. The van der Waals surface area contributed by atoms with E-state index in [-0.39, 0.29) is 6.61 Å². The summed E-state index contributed by atoms with van der Waals surface area (Å²) in [6.45, 7) is 6.24. The summed E-state index contributed by atoms with van der Waals surface area (Å²) in [5.74, 6) is 0.869. The smallest absolute Gasteiger partial charge is 0.130 e. The second-order valence-electron chi connectivity index (χ2n) is 5.95. The van der Waals surface area contributed by atoms with E-state index in [1.807, 2.05) is 19.1 Å². The van der Waals surface area contributed by atoms with Gasteiger partial charge in [-0.05, 0) is 43.0 Å². The van der Waals surface area contributed by atoms with E-state index >= 15 is 0 Å². The van der Waals surface area contributed by atoms with Crippen molar-refractivity contribution >= 4 is 16.5 Å². The number of hydrogen-bond donors (Lipinski definition) is 2. The highest BCUT2D eigenvalue weighted by Crippen LogP contribution is 2.45. The second-order valence-corrected chi connectivity index (χ2v) is 5.95. The van der Waals surface area contributed by atoms with Gasteiger partial charge in [-0.15, -0.1) is 0 Å². The maximum Gasteiger partial charge on any atom is 0.130 e. The van der Waals surface area contributed by atoms with Gasteiger partial charge < -0.3 is 15.6 Å². The summed E-state index contributed by atoms with van der Waals surface area (Å²) in [5, 5.41) is 12.6. The molecule has 0 amide bonds. The molecule has 1 atom stereocenters. The van der Waals surface area contributed by atoms with Crippen molar-refractivity contribution in [2.45, 2.75) is 39.2 Å². The predicted molar refractivity (Wildman–Crippen MR) is 82.2 cm³/mol. The van der Waals surface area contributed by atoms with Crippen molar-refractivity contribution in [2.24, 2.45) is 0 Å². The first-order chi connectivity index (χ1) is 9.45. The zero-order chi connectivity index (χ0) is 14.5. The fraction of sp³-hybridized carbons (Fsp3) is 0.412. The Bertz CT molecular complexity index is 689. The second kappa shape index (κ2) is 4.38. The third-order valence-corrected chi connectivity index (χ3v) is 4.13. The lowest BCUT2D eigenvalue weighted by Gasteiger charge is -2.33. The average molecular weight is 271 g/mol. The Hall–Kier alpha value is -1.74. The van der Waals surface area contributed by atoms with Crippen molar-refractivity contribution in [1.82, 2.24) is 0 Å². The molecule has 20 heavy (non-hydrogen) atoms. The van der Waals surface area contributed by atoms with Gasteiger partial charge in [-0.3, -0.25) is 0 Å². The van der Waals surface area contributed by atoms with Crippen LogP contribution in [0.4, 0.5) is 5.69 Å². The molecule has 0 aliphatic carbocycles. The summed E-state index contributed by atoms with van der Waals surface area (Å²) < 4.78 is 5.82. The molecule has 0 aromatic heterocycles. The number of nitrogens with two attached hydrogens (primary N) is 1. The van der Waals surface area contributed by atoms with Crippen molar-refractivity contribution in [3.05, 3.63) is 34.9 Å². The number of anilines is 1. The Morgan fingerprint density at radius 1 is 1.35 bits per heavy atom. The van der Waals surface area contributed by atoms with Crippen molar-refractivity contribution in [2.75, 3.05) is 12.3 Å². The summed E-state index contributed by atoms with van der Waals surface area (Å²) in [7, 11) is 0. The molecule has 3 N–H and O–H groups in total. The number of aliphatic hydroxyl groups is 1. The van der Waals surface area contributed by atoms with Crippen LogP contribution >= 0.6 is 0 Å². The fourth-order valence-electron chi connectivity index (χ4n) is 3.18. The van der Waals surface area contributed by atoms with Crippen LogP contribution in [0.2, 0.25) is 0 Å². The molecule has 0 bridgehead atoms. The highest BCUT2D eigenvalue weighted by Gasteiger charge is 2.33. The minimum atomic E-state index is -0.962. The highest BCUT2D eigenvalue weighted by atomic mass is 16.5. The lowest BCUT2D eigenvalue weighted by Crippen LogP contribution is -2.33. The number of benzene rings is 2. The van der Waals surface area contributed by atoms with Crippen LogP contribution in [0.1, 0.15) is 37.0 Å². The summed E-state index contributed by atoms with van der Waals surface area (Å²) in [4.78, 5) is 0. The molecule has 2 aromatic rings. The van der Waals surface area contributed by atoms with Gasteiger partial charge in [0.05, 0.1) is 0 Å². The van der Waals surface area contributed by atoms with E-state index in [1.54, 1.807) is 6.92 Å². The first kappa shape index (κ1) is 13.3. The third kappa shape index (κ3) is 1.77. The van der Waals surface area contributed by atoms with Gasteiger partial charge in [0.2, 0.25) is 0 Å². The first-order valence-corrected chi connectivity index (χ1v) is 7.16. The molecule has 1 heterocycles. The van der Waals surface area contributed by atoms with Gasteiger partial charge in [0.15, 0.2) is 0 Å². The van der Waals surface area contributed by atoms with Gasteiger partial charge in [-0.25, -0.2) is 0 Å². The summed E-state index contributed by atoms with van der Waals surface area (Å²) >= 11 is 0. The zero-order valence-electron chi connectivity index (χ0n) is 12.3. The third-order valence-electron chi connectivity index (χ3n) is 4.13. The molecule has 0 radical (unpaired) electrons. The molecule has 1 aliphatic rings.